The Hall–Kier alpha value is -2.70. The maximum absolute atomic E-state index is 12.6. The van der Waals surface area contributed by atoms with Crippen LogP contribution in [0.25, 0.3) is 0 Å². The van der Waals surface area contributed by atoms with E-state index in [1.54, 1.807) is 25.1 Å². The van der Waals surface area contributed by atoms with Crippen LogP contribution in [-0.2, 0) is 20.9 Å². The predicted octanol–water partition coefficient (Wildman–Crippen LogP) is 0.796. The Labute approximate surface area is 133 Å². The van der Waals surface area contributed by atoms with Crippen LogP contribution in [0.15, 0.2) is 18.2 Å². The van der Waals surface area contributed by atoms with Gasteiger partial charge in [0.15, 0.2) is 0 Å². The smallest absolute Gasteiger partial charge is 0.255 e. The van der Waals surface area contributed by atoms with Gasteiger partial charge in [-0.2, -0.15) is 0 Å². The lowest BCUT2D eigenvalue weighted by Crippen LogP contribution is -2.52. The Bertz CT molecular complexity index is 713. The van der Waals surface area contributed by atoms with E-state index in [2.05, 4.69) is 10.6 Å². The van der Waals surface area contributed by atoms with E-state index in [1.165, 1.54) is 4.90 Å². The number of imide groups is 1. The Morgan fingerprint density at radius 3 is 2.83 bits per heavy atom. The topological polar surface area (TPSA) is 95.6 Å². The van der Waals surface area contributed by atoms with Crippen molar-refractivity contribution in [3.63, 3.8) is 0 Å². The number of amides is 4. The molecule has 0 bridgehead atoms. The molecule has 2 heterocycles. The van der Waals surface area contributed by atoms with Gasteiger partial charge in [0.1, 0.15) is 6.04 Å². The minimum Gasteiger partial charge on any atom is -0.326 e. The van der Waals surface area contributed by atoms with Gasteiger partial charge in [-0.05, 0) is 24.1 Å². The van der Waals surface area contributed by atoms with Gasteiger partial charge < -0.3 is 10.2 Å². The second-order valence-electron chi connectivity index (χ2n) is 5.67. The van der Waals surface area contributed by atoms with E-state index in [0.717, 1.165) is 5.56 Å². The molecular formula is C16H17N3O4. The number of hydrogen-bond acceptors (Lipinski definition) is 4. The molecule has 0 radical (unpaired) electrons. The van der Waals surface area contributed by atoms with Gasteiger partial charge in [0.25, 0.3) is 5.91 Å². The first kappa shape index (κ1) is 15.2. The minimum absolute atomic E-state index is 0.127. The largest absolute Gasteiger partial charge is 0.326 e. The van der Waals surface area contributed by atoms with E-state index in [-0.39, 0.29) is 24.1 Å². The second-order valence-corrected chi connectivity index (χ2v) is 5.67. The van der Waals surface area contributed by atoms with Crippen LogP contribution < -0.4 is 10.6 Å². The van der Waals surface area contributed by atoms with Gasteiger partial charge in [0.2, 0.25) is 17.7 Å². The Morgan fingerprint density at radius 1 is 1.35 bits per heavy atom. The molecule has 1 saturated heterocycles. The lowest BCUT2D eigenvalue weighted by atomic mass is 10.0. The van der Waals surface area contributed by atoms with Gasteiger partial charge in [-0.15, -0.1) is 0 Å². The van der Waals surface area contributed by atoms with Crippen LogP contribution in [0.5, 0.6) is 0 Å². The fourth-order valence-electron chi connectivity index (χ4n) is 2.88. The first-order valence-corrected chi connectivity index (χ1v) is 7.57. The molecule has 1 unspecified atom stereocenters. The van der Waals surface area contributed by atoms with E-state index in [1.807, 2.05) is 0 Å². The number of fused-ring (bicyclic) bond motifs is 1. The van der Waals surface area contributed by atoms with Crippen LogP contribution in [-0.4, -0.2) is 34.6 Å². The monoisotopic (exact) mass is 315 g/mol. The zero-order valence-corrected chi connectivity index (χ0v) is 12.7. The van der Waals surface area contributed by atoms with Crippen molar-refractivity contribution < 1.29 is 19.2 Å². The number of hydrogen-bond donors (Lipinski definition) is 2. The van der Waals surface area contributed by atoms with Gasteiger partial charge >= 0.3 is 0 Å². The maximum atomic E-state index is 12.6. The van der Waals surface area contributed by atoms with E-state index in [0.29, 0.717) is 30.6 Å². The van der Waals surface area contributed by atoms with Crippen LogP contribution in [0, 0.1) is 0 Å². The van der Waals surface area contributed by atoms with Gasteiger partial charge in [-0.3, -0.25) is 24.5 Å². The van der Waals surface area contributed by atoms with Crippen LogP contribution in [0.1, 0.15) is 42.1 Å². The molecule has 7 heteroatoms. The zero-order valence-electron chi connectivity index (χ0n) is 12.7. The first-order valence-electron chi connectivity index (χ1n) is 7.57. The number of anilines is 1. The zero-order chi connectivity index (χ0) is 16.6. The fourth-order valence-corrected chi connectivity index (χ4v) is 2.88. The SMILES string of the molecule is CCC(=O)Nc1ccc2c(c1)C(=O)N(C1CCC(=O)NC1=O)C2. The van der Waals surface area contributed by atoms with Gasteiger partial charge in [0.05, 0.1) is 0 Å². The van der Waals surface area contributed by atoms with Crippen LogP contribution in [0.3, 0.4) is 0 Å². The van der Waals surface area contributed by atoms with Crippen molar-refractivity contribution in [2.24, 2.45) is 0 Å². The molecule has 3 rings (SSSR count). The van der Waals surface area contributed by atoms with Crippen molar-refractivity contribution >= 4 is 29.3 Å². The summed E-state index contributed by atoms with van der Waals surface area (Å²) >= 11 is 0. The van der Waals surface area contributed by atoms with E-state index < -0.39 is 11.9 Å². The highest BCUT2D eigenvalue weighted by Gasteiger charge is 2.39. The summed E-state index contributed by atoms with van der Waals surface area (Å²) in [6, 6.07) is 4.54. The quantitative estimate of drug-likeness (QED) is 0.806. The van der Waals surface area contributed by atoms with Crippen molar-refractivity contribution in [2.75, 3.05) is 5.32 Å². The highest BCUT2D eigenvalue weighted by molar-refractivity contribution is 6.06. The molecule has 2 aliphatic rings. The molecule has 0 spiro atoms. The highest BCUT2D eigenvalue weighted by Crippen LogP contribution is 2.29. The first-order chi connectivity index (χ1) is 11.0. The Morgan fingerprint density at radius 2 is 2.13 bits per heavy atom. The predicted molar refractivity (Wildman–Crippen MR) is 81.4 cm³/mol. The van der Waals surface area contributed by atoms with Crippen molar-refractivity contribution in [1.29, 1.82) is 0 Å². The summed E-state index contributed by atoms with van der Waals surface area (Å²) < 4.78 is 0. The molecule has 0 aromatic heterocycles. The summed E-state index contributed by atoms with van der Waals surface area (Å²) in [5.41, 5.74) is 1.87. The third-order valence-electron chi connectivity index (χ3n) is 4.13. The maximum Gasteiger partial charge on any atom is 0.255 e. The van der Waals surface area contributed by atoms with Gasteiger partial charge in [-0.1, -0.05) is 13.0 Å². The standard InChI is InChI=1S/C16H17N3O4/c1-2-13(20)17-10-4-3-9-8-19(16(23)11(9)7-10)12-5-6-14(21)18-15(12)22/h3-4,7,12H,2,5-6,8H2,1H3,(H,17,20)(H,18,21,22). The number of nitrogens with zero attached hydrogens (tertiary/aromatic N) is 1. The van der Waals surface area contributed by atoms with Crippen molar-refractivity contribution in [3.05, 3.63) is 29.3 Å². The molecule has 0 saturated carbocycles. The molecule has 0 aliphatic carbocycles. The number of carbonyl (C=O) groups is 4. The molecule has 2 N–H and O–H groups in total. The third kappa shape index (κ3) is 2.81. The number of rotatable bonds is 3. The second kappa shape index (κ2) is 5.83. The summed E-state index contributed by atoms with van der Waals surface area (Å²) in [7, 11) is 0. The summed E-state index contributed by atoms with van der Waals surface area (Å²) in [5, 5.41) is 4.99. The van der Waals surface area contributed by atoms with Crippen molar-refractivity contribution in [1.82, 2.24) is 10.2 Å². The Balaban J connectivity index is 1.80. The lowest BCUT2D eigenvalue weighted by Gasteiger charge is -2.29. The minimum atomic E-state index is -0.624. The Kier molecular flexibility index (Phi) is 3.85. The molecule has 7 nitrogen and oxygen atoms in total. The average Bonchev–Trinajstić information content (AvgIpc) is 2.84. The van der Waals surface area contributed by atoms with Crippen molar-refractivity contribution in [3.8, 4) is 0 Å². The van der Waals surface area contributed by atoms with Crippen LogP contribution in [0.4, 0.5) is 5.69 Å². The average molecular weight is 315 g/mol. The lowest BCUT2D eigenvalue weighted by molar-refractivity contribution is -0.137. The van der Waals surface area contributed by atoms with Crippen molar-refractivity contribution in [2.45, 2.75) is 38.8 Å². The number of benzene rings is 1. The van der Waals surface area contributed by atoms with Gasteiger partial charge in [-0.25, -0.2) is 0 Å². The third-order valence-corrected chi connectivity index (χ3v) is 4.13. The van der Waals surface area contributed by atoms with E-state index in [9.17, 15) is 19.2 Å². The van der Waals surface area contributed by atoms with Gasteiger partial charge in [0, 0.05) is 30.6 Å². The van der Waals surface area contributed by atoms with E-state index >= 15 is 0 Å². The van der Waals surface area contributed by atoms with E-state index in [4.69, 9.17) is 0 Å². The fraction of sp³-hybridized carbons (Fsp3) is 0.375. The summed E-state index contributed by atoms with van der Waals surface area (Å²) in [6.07, 6.45) is 0.922. The molecule has 1 atom stereocenters. The molecule has 23 heavy (non-hydrogen) atoms. The summed E-state index contributed by atoms with van der Waals surface area (Å²) in [5.74, 6) is -1.11. The molecule has 1 aromatic rings. The summed E-state index contributed by atoms with van der Waals surface area (Å²) in [6.45, 7) is 2.08. The highest BCUT2D eigenvalue weighted by atomic mass is 16.2. The molecule has 2 aliphatic heterocycles. The molecule has 4 amide bonds. The molecular weight excluding hydrogens is 298 g/mol. The number of carbonyl (C=O) groups excluding carboxylic acids is 4. The summed E-state index contributed by atoms with van der Waals surface area (Å²) in [4.78, 5) is 48.7. The number of nitrogens with one attached hydrogen (secondary N) is 2. The normalized spacial score (nSPS) is 20.3. The van der Waals surface area contributed by atoms with Crippen LogP contribution in [0.2, 0.25) is 0 Å². The molecule has 1 aromatic carbocycles. The number of piperidine rings is 1. The van der Waals surface area contributed by atoms with Crippen LogP contribution >= 0.6 is 0 Å². The molecule has 120 valence electrons. The molecule has 1 fully saturated rings.